The zero-order chi connectivity index (χ0) is 18.1. The molecule has 0 unspecified atom stereocenters. The molecule has 0 radical (unpaired) electrons. The summed E-state index contributed by atoms with van der Waals surface area (Å²) in [5, 5.41) is 3.00. The van der Waals surface area contributed by atoms with Crippen LogP contribution in [0.15, 0.2) is 55.0 Å². The fourth-order valence-corrected chi connectivity index (χ4v) is 3.39. The van der Waals surface area contributed by atoms with Crippen LogP contribution in [0.25, 0.3) is 11.3 Å². The van der Waals surface area contributed by atoms with Gasteiger partial charge in [0.1, 0.15) is 5.75 Å². The number of fused-ring (bicyclic) bond motifs is 1. The second kappa shape index (κ2) is 6.55. The molecule has 0 spiro atoms. The van der Waals surface area contributed by atoms with E-state index in [9.17, 15) is 4.79 Å². The molecule has 2 aromatic carbocycles. The van der Waals surface area contributed by atoms with Crippen LogP contribution in [0.2, 0.25) is 0 Å². The third-order valence-corrected chi connectivity index (χ3v) is 4.68. The number of hydrogen-bond donors (Lipinski definition) is 1. The van der Waals surface area contributed by atoms with E-state index in [0.717, 1.165) is 40.4 Å². The van der Waals surface area contributed by atoms with E-state index < -0.39 is 0 Å². The topological polar surface area (TPSA) is 59.4 Å². The van der Waals surface area contributed by atoms with Crippen LogP contribution in [0, 0.1) is 0 Å². The summed E-state index contributed by atoms with van der Waals surface area (Å²) in [4.78, 5) is 18.7. The lowest BCUT2D eigenvalue weighted by molar-refractivity contribution is 0.257. The van der Waals surface area contributed by atoms with E-state index >= 15 is 0 Å². The predicted molar refractivity (Wildman–Crippen MR) is 102 cm³/mol. The van der Waals surface area contributed by atoms with E-state index in [1.807, 2.05) is 60.3 Å². The Kier molecular flexibility index (Phi) is 4.08. The molecule has 0 aliphatic carbocycles. The van der Waals surface area contributed by atoms with Crippen molar-refractivity contribution in [3.05, 3.63) is 60.6 Å². The van der Waals surface area contributed by atoms with Gasteiger partial charge in [0.25, 0.3) is 0 Å². The van der Waals surface area contributed by atoms with Gasteiger partial charge in [-0.1, -0.05) is 18.2 Å². The molecule has 0 saturated heterocycles. The van der Waals surface area contributed by atoms with Gasteiger partial charge < -0.3 is 14.6 Å². The Bertz CT molecular complexity index is 964. The van der Waals surface area contributed by atoms with Crippen molar-refractivity contribution in [2.75, 3.05) is 23.9 Å². The number of methoxy groups -OCH3 is 1. The van der Waals surface area contributed by atoms with E-state index in [0.29, 0.717) is 6.54 Å². The summed E-state index contributed by atoms with van der Waals surface area (Å²) in [6.45, 7) is 0.642. The van der Waals surface area contributed by atoms with Crippen LogP contribution >= 0.6 is 0 Å². The van der Waals surface area contributed by atoms with Gasteiger partial charge in [-0.2, -0.15) is 0 Å². The minimum Gasteiger partial charge on any atom is -0.496 e. The average molecular weight is 348 g/mol. The Labute approximate surface area is 152 Å². The van der Waals surface area contributed by atoms with Crippen molar-refractivity contribution in [1.82, 2.24) is 9.55 Å². The first-order valence-corrected chi connectivity index (χ1v) is 8.48. The molecule has 3 aromatic rings. The van der Waals surface area contributed by atoms with E-state index in [2.05, 4.69) is 10.3 Å². The largest absolute Gasteiger partial charge is 0.496 e. The fraction of sp³-hybridized carbons (Fsp3) is 0.200. The number of aromatic nitrogens is 2. The summed E-state index contributed by atoms with van der Waals surface area (Å²) >= 11 is 0. The lowest BCUT2D eigenvalue weighted by Gasteiger charge is -2.19. The number of amides is 2. The van der Waals surface area contributed by atoms with E-state index in [1.54, 1.807) is 18.3 Å². The standard InChI is InChI=1S/C20H20N4O2/c1-23-13-21-12-18(23)14-5-3-6-15(11-14)22-20(25)24-10-9-16-17(24)7-4-8-19(16)26-2/h3-8,11-13H,9-10H2,1-2H3,(H,22,25). The highest BCUT2D eigenvalue weighted by Crippen LogP contribution is 2.35. The first kappa shape index (κ1) is 16.2. The number of carbonyl (C=O) groups excluding carboxylic acids is 1. The second-order valence-electron chi connectivity index (χ2n) is 6.26. The summed E-state index contributed by atoms with van der Waals surface area (Å²) in [6.07, 6.45) is 4.36. The summed E-state index contributed by atoms with van der Waals surface area (Å²) < 4.78 is 7.35. The van der Waals surface area contributed by atoms with E-state index in [1.165, 1.54) is 0 Å². The molecule has 0 bridgehead atoms. The lowest BCUT2D eigenvalue weighted by Crippen LogP contribution is -2.33. The van der Waals surface area contributed by atoms with Crippen molar-refractivity contribution < 1.29 is 9.53 Å². The van der Waals surface area contributed by atoms with E-state index in [4.69, 9.17) is 4.74 Å². The molecule has 132 valence electrons. The molecule has 1 aliphatic heterocycles. The van der Waals surface area contributed by atoms with Crippen LogP contribution in [0.4, 0.5) is 16.2 Å². The number of urea groups is 1. The fourth-order valence-electron chi connectivity index (χ4n) is 3.39. The highest BCUT2D eigenvalue weighted by Gasteiger charge is 2.27. The SMILES string of the molecule is COc1cccc2c1CCN2C(=O)Nc1cccc(-c2cncn2C)c1. The van der Waals surface area contributed by atoms with Crippen molar-refractivity contribution >= 4 is 17.4 Å². The Morgan fingerprint density at radius 1 is 1.23 bits per heavy atom. The highest BCUT2D eigenvalue weighted by molar-refractivity contribution is 6.03. The third kappa shape index (κ3) is 2.79. The van der Waals surface area contributed by atoms with Gasteiger partial charge >= 0.3 is 6.03 Å². The molecule has 6 nitrogen and oxygen atoms in total. The summed E-state index contributed by atoms with van der Waals surface area (Å²) in [7, 11) is 3.60. The molecule has 26 heavy (non-hydrogen) atoms. The van der Waals surface area contributed by atoms with Gasteiger partial charge in [0.05, 0.1) is 31.0 Å². The average Bonchev–Trinajstić information content (AvgIpc) is 3.27. The number of aryl methyl sites for hydroxylation is 1. The van der Waals surface area contributed by atoms with Crippen molar-refractivity contribution in [1.29, 1.82) is 0 Å². The van der Waals surface area contributed by atoms with Gasteiger partial charge in [-0.25, -0.2) is 9.78 Å². The number of nitrogens with zero attached hydrogens (tertiary/aromatic N) is 3. The van der Waals surface area contributed by atoms with Crippen molar-refractivity contribution in [3.8, 4) is 17.0 Å². The van der Waals surface area contributed by atoms with E-state index in [-0.39, 0.29) is 6.03 Å². The molecule has 6 heteroatoms. The zero-order valence-corrected chi connectivity index (χ0v) is 14.8. The Morgan fingerprint density at radius 3 is 2.85 bits per heavy atom. The molecule has 1 aromatic heterocycles. The number of rotatable bonds is 3. The van der Waals surface area contributed by atoms with Crippen molar-refractivity contribution in [3.63, 3.8) is 0 Å². The molecule has 2 amide bonds. The maximum atomic E-state index is 12.8. The summed E-state index contributed by atoms with van der Waals surface area (Å²) in [6, 6.07) is 13.4. The minimum absolute atomic E-state index is 0.140. The van der Waals surface area contributed by atoms with Crippen LogP contribution in [0.1, 0.15) is 5.56 Å². The van der Waals surface area contributed by atoms with Gasteiger partial charge in [-0.3, -0.25) is 4.90 Å². The highest BCUT2D eigenvalue weighted by atomic mass is 16.5. The predicted octanol–water partition coefficient (Wildman–Crippen LogP) is 3.69. The molecule has 4 rings (SSSR count). The Morgan fingerprint density at radius 2 is 2.08 bits per heavy atom. The molecular formula is C20H20N4O2. The molecule has 1 aliphatic rings. The van der Waals surface area contributed by atoms with Gasteiger partial charge in [-0.05, 0) is 30.7 Å². The molecule has 0 fully saturated rings. The second-order valence-corrected chi connectivity index (χ2v) is 6.26. The number of carbonyl (C=O) groups is 1. The van der Waals surface area contributed by atoms with Crippen LogP contribution in [0.5, 0.6) is 5.75 Å². The number of anilines is 2. The molecule has 1 N–H and O–H groups in total. The first-order chi connectivity index (χ1) is 12.7. The monoisotopic (exact) mass is 348 g/mol. The number of hydrogen-bond acceptors (Lipinski definition) is 3. The summed E-state index contributed by atoms with van der Waals surface area (Å²) in [5.74, 6) is 0.830. The van der Waals surface area contributed by atoms with Gasteiger partial charge in [0, 0.05) is 30.4 Å². The maximum Gasteiger partial charge on any atom is 0.326 e. The van der Waals surface area contributed by atoms with Crippen molar-refractivity contribution in [2.24, 2.45) is 7.05 Å². The number of imidazole rings is 1. The van der Waals surface area contributed by atoms with Crippen LogP contribution in [0.3, 0.4) is 0 Å². The number of benzene rings is 2. The minimum atomic E-state index is -0.140. The molecule has 0 atom stereocenters. The number of nitrogens with one attached hydrogen (secondary N) is 1. The Balaban J connectivity index is 1.56. The normalized spacial score (nSPS) is 12.8. The maximum absolute atomic E-state index is 12.8. The first-order valence-electron chi connectivity index (χ1n) is 8.48. The molecule has 0 saturated carbocycles. The van der Waals surface area contributed by atoms with Crippen LogP contribution in [-0.4, -0.2) is 29.2 Å². The zero-order valence-electron chi connectivity index (χ0n) is 14.8. The summed E-state index contributed by atoms with van der Waals surface area (Å²) in [5.41, 5.74) is 4.74. The number of ether oxygens (including phenoxy) is 1. The Hall–Kier alpha value is -3.28. The quantitative estimate of drug-likeness (QED) is 0.785. The van der Waals surface area contributed by atoms with Gasteiger partial charge in [0.15, 0.2) is 0 Å². The lowest BCUT2D eigenvalue weighted by atomic mass is 10.1. The van der Waals surface area contributed by atoms with Crippen LogP contribution < -0.4 is 15.0 Å². The molecular weight excluding hydrogens is 328 g/mol. The third-order valence-electron chi connectivity index (χ3n) is 4.68. The van der Waals surface area contributed by atoms with Gasteiger partial charge in [0.2, 0.25) is 0 Å². The van der Waals surface area contributed by atoms with Crippen LogP contribution in [-0.2, 0) is 13.5 Å². The molecule has 2 heterocycles. The van der Waals surface area contributed by atoms with Gasteiger partial charge in [-0.15, -0.1) is 0 Å². The van der Waals surface area contributed by atoms with Crippen molar-refractivity contribution in [2.45, 2.75) is 6.42 Å². The smallest absolute Gasteiger partial charge is 0.326 e.